The molecule has 0 saturated carbocycles. The average molecular weight is 439 g/mol. The van der Waals surface area contributed by atoms with Crippen LogP contribution in [0.15, 0.2) is 35.9 Å². The third-order valence-corrected chi connectivity index (χ3v) is 4.85. The van der Waals surface area contributed by atoms with Crippen LogP contribution >= 0.6 is 11.3 Å². The number of alkyl halides is 2. The van der Waals surface area contributed by atoms with Gasteiger partial charge in [-0.2, -0.15) is 0 Å². The van der Waals surface area contributed by atoms with Gasteiger partial charge in [-0.3, -0.25) is 9.59 Å². The van der Waals surface area contributed by atoms with Crippen molar-refractivity contribution >= 4 is 23.2 Å². The maximum atomic E-state index is 13.0. The van der Waals surface area contributed by atoms with Crippen LogP contribution in [0.1, 0.15) is 28.8 Å². The van der Waals surface area contributed by atoms with Crippen LogP contribution in [0, 0.1) is 0 Å². The number of nitrogens with one attached hydrogen (secondary N) is 2. The number of amides is 2. The van der Waals surface area contributed by atoms with Gasteiger partial charge in [-0.25, -0.2) is 4.98 Å². The molecule has 1 aliphatic rings. The largest absolute Gasteiger partial charge is 0.586 e. The highest BCUT2D eigenvalue weighted by Gasteiger charge is 2.43. The molecule has 0 spiro atoms. The number of carbonyl (C=O) groups excluding carboxylic acids is 2. The predicted octanol–water partition coefficient (Wildman–Crippen LogP) is 2.86. The van der Waals surface area contributed by atoms with Crippen molar-refractivity contribution < 1.29 is 32.6 Å². The number of nitrogens with zero attached hydrogens (tertiary/aromatic N) is 1. The fourth-order valence-electron chi connectivity index (χ4n) is 2.46. The molecule has 0 atom stereocenters. The van der Waals surface area contributed by atoms with E-state index in [9.17, 15) is 18.4 Å². The number of aromatic nitrogens is 1. The molecule has 1 aromatic heterocycles. The van der Waals surface area contributed by atoms with E-state index in [0.29, 0.717) is 17.8 Å². The minimum Gasteiger partial charge on any atom is -0.484 e. The Balaban J connectivity index is 1.37. The first kappa shape index (κ1) is 21.5. The molecule has 0 unspecified atom stereocenters. The van der Waals surface area contributed by atoms with Gasteiger partial charge >= 0.3 is 6.29 Å². The van der Waals surface area contributed by atoms with Gasteiger partial charge in [0.25, 0.3) is 11.8 Å². The fraction of sp³-hybridized carbons (Fsp3) is 0.316. The van der Waals surface area contributed by atoms with Crippen LogP contribution in [0.25, 0.3) is 0 Å². The molecule has 2 amide bonds. The Morgan fingerprint density at radius 3 is 2.80 bits per heavy atom. The van der Waals surface area contributed by atoms with Gasteiger partial charge in [-0.1, -0.05) is 13.5 Å². The summed E-state index contributed by atoms with van der Waals surface area (Å²) in [6, 6.07) is 3.84. The summed E-state index contributed by atoms with van der Waals surface area (Å²) in [4.78, 5) is 28.1. The molecular weight excluding hydrogens is 420 g/mol. The lowest BCUT2D eigenvalue weighted by Gasteiger charge is -2.10. The first-order chi connectivity index (χ1) is 14.3. The van der Waals surface area contributed by atoms with Crippen LogP contribution in [-0.4, -0.2) is 36.2 Å². The van der Waals surface area contributed by atoms with Crippen LogP contribution in [-0.2, 0) is 11.2 Å². The minimum absolute atomic E-state index is 0.115. The van der Waals surface area contributed by atoms with Crippen molar-refractivity contribution in [3.8, 4) is 17.2 Å². The second-order valence-electron chi connectivity index (χ2n) is 6.20. The molecule has 1 aromatic carbocycles. The van der Waals surface area contributed by atoms with Crippen molar-refractivity contribution in [1.82, 2.24) is 15.6 Å². The maximum absolute atomic E-state index is 13.0. The SMILES string of the molecule is C=C(CCNC(=O)c1csc(CC)n1)NC(=O)COc1ccc2c(c1)OC(F)(F)O2. The first-order valence-corrected chi connectivity index (χ1v) is 9.86. The van der Waals surface area contributed by atoms with Gasteiger partial charge in [0.15, 0.2) is 18.1 Å². The maximum Gasteiger partial charge on any atom is 0.586 e. The second-order valence-corrected chi connectivity index (χ2v) is 7.15. The number of hydrogen-bond donors (Lipinski definition) is 2. The Kier molecular flexibility index (Phi) is 6.50. The first-order valence-electron chi connectivity index (χ1n) is 8.98. The summed E-state index contributed by atoms with van der Waals surface area (Å²) in [6.07, 6.45) is -2.63. The number of carbonyl (C=O) groups is 2. The lowest BCUT2D eigenvalue weighted by molar-refractivity contribution is -0.286. The molecule has 11 heteroatoms. The zero-order chi connectivity index (χ0) is 21.7. The number of ether oxygens (including phenoxy) is 3. The van der Waals surface area contributed by atoms with E-state index in [2.05, 4.69) is 31.7 Å². The Labute approximate surface area is 174 Å². The quantitative estimate of drug-likeness (QED) is 0.624. The topological polar surface area (TPSA) is 98.8 Å². The van der Waals surface area contributed by atoms with E-state index in [4.69, 9.17) is 4.74 Å². The standard InChI is InChI=1S/C19H19F2N3O5S/c1-3-17-24-13(10-30-17)18(26)22-7-6-11(2)23-16(25)9-27-12-4-5-14-15(8-12)29-19(20,21)28-14/h4-5,8,10H,2-3,6-7,9H2,1H3,(H,22,26)(H,23,25). The zero-order valence-corrected chi connectivity index (χ0v) is 16.8. The summed E-state index contributed by atoms with van der Waals surface area (Å²) in [6.45, 7) is 5.60. The number of thiazole rings is 1. The highest BCUT2D eigenvalue weighted by Crippen LogP contribution is 2.42. The Bertz CT molecular complexity index is 963. The summed E-state index contributed by atoms with van der Waals surface area (Å²) < 4.78 is 39.9. The average Bonchev–Trinajstić information content (AvgIpc) is 3.28. The third kappa shape index (κ3) is 5.66. The van der Waals surface area contributed by atoms with E-state index >= 15 is 0 Å². The number of benzene rings is 1. The van der Waals surface area contributed by atoms with Crippen LogP contribution in [0.2, 0.25) is 0 Å². The van der Waals surface area contributed by atoms with E-state index in [1.54, 1.807) is 5.38 Å². The van der Waals surface area contributed by atoms with E-state index in [1.165, 1.54) is 29.5 Å². The minimum atomic E-state index is -3.72. The van der Waals surface area contributed by atoms with E-state index in [-0.39, 0.29) is 36.3 Å². The Hall–Kier alpha value is -3.21. The van der Waals surface area contributed by atoms with Crippen LogP contribution in [0.4, 0.5) is 8.78 Å². The number of hydrogen-bond acceptors (Lipinski definition) is 7. The second kappa shape index (κ2) is 9.08. The Morgan fingerprint density at radius 2 is 2.07 bits per heavy atom. The summed E-state index contributed by atoms with van der Waals surface area (Å²) in [5, 5.41) is 7.82. The lowest BCUT2D eigenvalue weighted by atomic mass is 10.3. The molecule has 3 rings (SSSR count). The van der Waals surface area contributed by atoms with Crippen molar-refractivity contribution in [1.29, 1.82) is 0 Å². The summed E-state index contributed by atoms with van der Waals surface area (Å²) in [7, 11) is 0. The summed E-state index contributed by atoms with van der Waals surface area (Å²) >= 11 is 1.42. The van der Waals surface area contributed by atoms with Crippen LogP contribution < -0.4 is 24.8 Å². The number of fused-ring (bicyclic) bond motifs is 1. The molecule has 1 aliphatic heterocycles. The number of rotatable bonds is 9. The molecule has 160 valence electrons. The monoisotopic (exact) mass is 439 g/mol. The molecular formula is C19H19F2N3O5S. The van der Waals surface area contributed by atoms with Gasteiger partial charge in [-0.05, 0) is 18.6 Å². The lowest BCUT2D eigenvalue weighted by Crippen LogP contribution is -2.31. The van der Waals surface area contributed by atoms with Crippen LogP contribution in [0.3, 0.4) is 0 Å². The van der Waals surface area contributed by atoms with Gasteiger partial charge in [0.1, 0.15) is 11.4 Å². The van der Waals surface area contributed by atoms with Gasteiger partial charge in [-0.15, -0.1) is 20.1 Å². The van der Waals surface area contributed by atoms with Crippen molar-refractivity contribution in [3.63, 3.8) is 0 Å². The van der Waals surface area contributed by atoms with Crippen LogP contribution in [0.5, 0.6) is 17.2 Å². The molecule has 0 bridgehead atoms. The van der Waals surface area contributed by atoms with Gasteiger partial charge in [0.2, 0.25) is 0 Å². The fourth-order valence-corrected chi connectivity index (χ4v) is 3.18. The molecule has 2 heterocycles. The predicted molar refractivity (Wildman–Crippen MR) is 104 cm³/mol. The van der Waals surface area contributed by atoms with Gasteiger partial charge in [0.05, 0.1) is 5.01 Å². The Morgan fingerprint density at radius 1 is 1.30 bits per heavy atom. The highest BCUT2D eigenvalue weighted by atomic mass is 32.1. The number of halogens is 2. The highest BCUT2D eigenvalue weighted by molar-refractivity contribution is 7.09. The molecule has 0 saturated heterocycles. The van der Waals surface area contributed by atoms with Gasteiger partial charge in [0, 0.05) is 30.1 Å². The molecule has 0 radical (unpaired) electrons. The number of aryl methyl sites for hydroxylation is 1. The summed E-state index contributed by atoms with van der Waals surface area (Å²) in [5.74, 6) is -0.902. The molecule has 8 nitrogen and oxygen atoms in total. The zero-order valence-electron chi connectivity index (χ0n) is 16.0. The smallest absolute Gasteiger partial charge is 0.484 e. The van der Waals surface area contributed by atoms with E-state index < -0.39 is 12.2 Å². The van der Waals surface area contributed by atoms with Crippen molar-refractivity contribution in [2.45, 2.75) is 26.1 Å². The molecule has 2 N–H and O–H groups in total. The molecule has 0 aliphatic carbocycles. The molecule has 2 aromatic rings. The molecule has 30 heavy (non-hydrogen) atoms. The van der Waals surface area contributed by atoms with Crippen molar-refractivity contribution in [2.75, 3.05) is 13.2 Å². The van der Waals surface area contributed by atoms with E-state index in [0.717, 1.165) is 11.4 Å². The normalized spacial score (nSPS) is 13.6. The van der Waals surface area contributed by atoms with Crippen molar-refractivity contribution in [3.05, 3.63) is 46.6 Å². The van der Waals surface area contributed by atoms with Gasteiger partial charge < -0.3 is 24.8 Å². The third-order valence-electron chi connectivity index (χ3n) is 3.86. The summed E-state index contributed by atoms with van der Waals surface area (Å²) in [5.41, 5.74) is 0.753. The molecule has 0 fully saturated rings. The van der Waals surface area contributed by atoms with Crippen molar-refractivity contribution in [2.24, 2.45) is 0 Å². The van der Waals surface area contributed by atoms with E-state index in [1.807, 2.05) is 6.92 Å².